The minimum atomic E-state index is -0.641. The van der Waals surface area contributed by atoms with Gasteiger partial charge in [0, 0.05) is 0 Å². The summed E-state index contributed by atoms with van der Waals surface area (Å²) in [6.45, 7) is 0.537. The van der Waals surface area contributed by atoms with Gasteiger partial charge in [0.2, 0.25) is 0 Å². The van der Waals surface area contributed by atoms with Gasteiger partial charge in [-0.05, 0) is 18.2 Å². The zero-order chi connectivity index (χ0) is 12.1. The molecule has 17 heavy (non-hydrogen) atoms. The minimum Gasteiger partial charge on any atom is -0.491 e. The van der Waals surface area contributed by atoms with Crippen molar-refractivity contribution in [1.82, 2.24) is 9.78 Å². The average molecular weight is 233 g/mol. The highest BCUT2D eigenvalue weighted by atomic mass is 16.5. The molecular weight excluding hydrogens is 218 g/mol. The van der Waals surface area contributed by atoms with Crippen LogP contribution >= 0.6 is 0 Å². The van der Waals surface area contributed by atoms with Gasteiger partial charge in [-0.2, -0.15) is 5.10 Å². The van der Waals surface area contributed by atoms with Crippen LogP contribution in [-0.4, -0.2) is 27.6 Å². The van der Waals surface area contributed by atoms with Crippen LogP contribution < -0.4 is 10.5 Å². The second-order valence-electron chi connectivity index (χ2n) is 3.72. The Balaban J connectivity index is 1.82. The molecule has 0 fully saturated rings. The first kappa shape index (κ1) is 11.5. The molecule has 5 nitrogen and oxygen atoms in total. The van der Waals surface area contributed by atoms with Crippen molar-refractivity contribution in [3.63, 3.8) is 0 Å². The van der Waals surface area contributed by atoms with Crippen molar-refractivity contribution >= 4 is 5.82 Å². The summed E-state index contributed by atoms with van der Waals surface area (Å²) >= 11 is 0. The molecule has 0 aliphatic rings. The number of anilines is 1. The first-order valence-corrected chi connectivity index (χ1v) is 5.39. The second-order valence-corrected chi connectivity index (χ2v) is 3.72. The van der Waals surface area contributed by atoms with Crippen LogP contribution in [0.25, 0.3) is 0 Å². The van der Waals surface area contributed by atoms with Gasteiger partial charge in [-0.3, -0.25) is 0 Å². The molecule has 0 bridgehead atoms. The lowest BCUT2D eigenvalue weighted by Crippen LogP contribution is -2.24. The Bertz CT molecular complexity index is 456. The van der Waals surface area contributed by atoms with Crippen LogP contribution in [0.4, 0.5) is 5.82 Å². The van der Waals surface area contributed by atoms with E-state index in [0.717, 1.165) is 5.75 Å². The van der Waals surface area contributed by atoms with Crippen molar-refractivity contribution < 1.29 is 9.84 Å². The third-order valence-corrected chi connectivity index (χ3v) is 2.32. The second kappa shape index (κ2) is 5.36. The number of hydrogen-bond acceptors (Lipinski definition) is 4. The summed E-state index contributed by atoms with van der Waals surface area (Å²) < 4.78 is 6.97. The monoisotopic (exact) mass is 233 g/mol. The maximum absolute atomic E-state index is 9.77. The molecule has 1 aromatic carbocycles. The molecule has 0 aliphatic heterocycles. The lowest BCUT2D eigenvalue weighted by molar-refractivity contribution is 0.0899. The highest BCUT2D eigenvalue weighted by Crippen LogP contribution is 2.09. The Kier molecular flexibility index (Phi) is 3.62. The predicted molar refractivity (Wildman–Crippen MR) is 64.6 cm³/mol. The summed E-state index contributed by atoms with van der Waals surface area (Å²) in [5.74, 6) is 1.27. The molecule has 0 spiro atoms. The summed E-state index contributed by atoms with van der Waals surface area (Å²) in [5.41, 5.74) is 5.64. The van der Waals surface area contributed by atoms with E-state index < -0.39 is 6.10 Å². The number of rotatable bonds is 5. The molecule has 1 heterocycles. The highest BCUT2D eigenvalue weighted by molar-refractivity contribution is 5.25. The van der Waals surface area contributed by atoms with E-state index in [1.807, 2.05) is 30.3 Å². The van der Waals surface area contributed by atoms with Crippen molar-refractivity contribution in [1.29, 1.82) is 0 Å². The van der Waals surface area contributed by atoms with Gasteiger partial charge in [0.25, 0.3) is 0 Å². The molecule has 2 aromatic rings. The van der Waals surface area contributed by atoms with Crippen molar-refractivity contribution in [2.45, 2.75) is 12.6 Å². The number of aromatic nitrogens is 2. The lowest BCUT2D eigenvalue weighted by atomic mass is 10.3. The maximum Gasteiger partial charge on any atom is 0.121 e. The first-order valence-electron chi connectivity index (χ1n) is 5.39. The Morgan fingerprint density at radius 2 is 2.06 bits per heavy atom. The van der Waals surface area contributed by atoms with Gasteiger partial charge >= 0.3 is 0 Å². The van der Waals surface area contributed by atoms with Gasteiger partial charge in [0.15, 0.2) is 0 Å². The minimum absolute atomic E-state index is 0.212. The lowest BCUT2D eigenvalue weighted by Gasteiger charge is -2.13. The number of ether oxygens (including phenoxy) is 1. The van der Waals surface area contributed by atoms with Gasteiger partial charge in [-0.1, -0.05) is 18.2 Å². The van der Waals surface area contributed by atoms with Crippen LogP contribution in [0.1, 0.15) is 0 Å². The van der Waals surface area contributed by atoms with Gasteiger partial charge in [-0.15, -0.1) is 0 Å². The molecule has 2 rings (SSSR count). The van der Waals surface area contributed by atoms with Crippen LogP contribution in [0.2, 0.25) is 0 Å². The van der Waals surface area contributed by atoms with Crippen LogP contribution in [-0.2, 0) is 6.54 Å². The van der Waals surface area contributed by atoms with Crippen LogP contribution in [0.15, 0.2) is 42.6 Å². The summed E-state index contributed by atoms with van der Waals surface area (Å²) in [7, 11) is 0. The maximum atomic E-state index is 9.77. The van der Waals surface area contributed by atoms with E-state index in [1.165, 1.54) is 0 Å². The van der Waals surface area contributed by atoms with E-state index in [2.05, 4.69) is 5.10 Å². The number of benzene rings is 1. The van der Waals surface area contributed by atoms with Crippen molar-refractivity contribution in [2.75, 3.05) is 12.3 Å². The fourth-order valence-electron chi connectivity index (χ4n) is 1.46. The van der Waals surface area contributed by atoms with E-state index in [0.29, 0.717) is 12.4 Å². The highest BCUT2D eigenvalue weighted by Gasteiger charge is 2.08. The van der Waals surface area contributed by atoms with Crippen molar-refractivity contribution in [3.05, 3.63) is 42.6 Å². The molecule has 0 amide bonds. The normalized spacial score (nSPS) is 12.3. The number of aliphatic hydroxyl groups is 1. The smallest absolute Gasteiger partial charge is 0.121 e. The largest absolute Gasteiger partial charge is 0.491 e. The zero-order valence-corrected chi connectivity index (χ0v) is 9.36. The van der Waals surface area contributed by atoms with Crippen LogP contribution in [0.3, 0.4) is 0 Å². The number of para-hydroxylation sites is 1. The number of nitrogens with two attached hydrogens (primary N) is 1. The van der Waals surface area contributed by atoms with E-state index in [1.54, 1.807) is 16.9 Å². The Hall–Kier alpha value is -2.01. The third kappa shape index (κ3) is 3.22. The third-order valence-electron chi connectivity index (χ3n) is 2.32. The molecule has 1 unspecified atom stereocenters. The Labute approximate surface area is 99.4 Å². The molecule has 3 N–H and O–H groups in total. The van der Waals surface area contributed by atoms with Gasteiger partial charge in [-0.25, -0.2) is 4.68 Å². The van der Waals surface area contributed by atoms with Crippen LogP contribution in [0, 0.1) is 0 Å². The van der Waals surface area contributed by atoms with Gasteiger partial charge in [0.1, 0.15) is 24.3 Å². The quantitative estimate of drug-likeness (QED) is 0.805. The number of nitrogen functional groups attached to an aromatic ring is 1. The first-order chi connectivity index (χ1) is 8.25. The topological polar surface area (TPSA) is 73.3 Å². The Morgan fingerprint density at radius 1 is 1.29 bits per heavy atom. The fourth-order valence-corrected chi connectivity index (χ4v) is 1.46. The summed E-state index contributed by atoms with van der Waals surface area (Å²) in [6.07, 6.45) is 0.956. The van der Waals surface area contributed by atoms with E-state index in [9.17, 15) is 5.11 Å². The molecule has 1 atom stereocenters. The van der Waals surface area contributed by atoms with Crippen molar-refractivity contribution in [3.8, 4) is 5.75 Å². The summed E-state index contributed by atoms with van der Waals surface area (Å²) in [4.78, 5) is 0. The molecule has 0 saturated heterocycles. The molecule has 0 aliphatic carbocycles. The number of aliphatic hydroxyl groups excluding tert-OH is 1. The molecule has 0 radical (unpaired) electrons. The summed E-state index contributed by atoms with van der Waals surface area (Å²) in [6, 6.07) is 11.0. The standard InChI is InChI=1S/C12H15N3O2/c13-12-6-7-14-15(12)8-10(16)9-17-11-4-2-1-3-5-11/h1-7,10,16H,8-9,13H2. The molecule has 5 heteroatoms. The Morgan fingerprint density at radius 3 is 2.71 bits per heavy atom. The molecule has 90 valence electrons. The molecular formula is C12H15N3O2. The van der Waals surface area contributed by atoms with Crippen LogP contribution in [0.5, 0.6) is 5.75 Å². The van der Waals surface area contributed by atoms with E-state index in [-0.39, 0.29) is 6.61 Å². The summed E-state index contributed by atoms with van der Waals surface area (Å²) in [5, 5.41) is 13.8. The van der Waals surface area contributed by atoms with E-state index in [4.69, 9.17) is 10.5 Å². The average Bonchev–Trinajstić information content (AvgIpc) is 2.74. The predicted octanol–water partition coefficient (Wildman–Crippen LogP) is 0.905. The molecule has 1 aromatic heterocycles. The SMILES string of the molecule is Nc1ccnn1CC(O)COc1ccccc1. The van der Waals surface area contributed by atoms with Gasteiger partial charge in [0.05, 0.1) is 12.7 Å². The number of hydrogen-bond donors (Lipinski definition) is 2. The van der Waals surface area contributed by atoms with E-state index >= 15 is 0 Å². The molecule has 0 saturated carbocycles. The fraction of sp³-hybridized carbons (Fsp3) is 0.250. The zero-order valence-electron chi connectivity index (χ0n) is 9.36. The number of nitrogens with zero attached hydrogens (tertiary/aromatic N) is 2. The van der Waals surface area contributed by atoms with Crippen molar-refractivity contribution in [2.24, 2.45) is 0 Å². The van der Waals surface area contributed by atoms with Gasteiger partial charge < -0.3 is 15.6 Å².